The number of hydrogen-bond acceptors (Lipinski definition) is 5. The van der Waals surface area contributed by atoms with Crippen molar-refractivity contribution in [3.63, 3.8) is 0 Å². The third-order valence-electron chi connectivity index (χ3n) is 5.01. The summed E-state index contributed by atoms with van der Waals surface area (Å²) in [4.78, 5) is 46.9. The molecule has 0 heterocycles. The van der Waals surface area contributed by atoms with E-state index in [1.807, 2.05) is 6.92 Å². The molecule has 0 aliphatic heterocycles. The largest absolute Gasteiger partial charge is 0.462 e. The van der Waals surface area contributed by atoms with Gasteiger partial charge in [-0.3, -0.25) is 19.2 Å². The van der Waals surface area contributed by atoms with Crippen LogP contribution in [0, 0.1) is 17.8 Å². The van der Waals surface area contributed by atoms with Crippen LogP contribution < -0.4 is 10.6 Å². The number of ketones is 1. The van der Waals surface area contributed by atoms with E-state index in [0.717, 1.165) is 6.42 Å². The number of nitrogens with one attached hydrogen (secondary N) is 2. The van der Waals surface area contributed by atoms with Gasteiger partial charge in [-0.2, -0.15) is 0 Å². The molecule has 2 aliphatic rings. The van der Waals surface area contributed by atoms with Crippen LogP contribution in [0.3, 0.4) is 0 Å². The lowest BCUT2D eigenvalue weighted by molar-refractivity contribution is -0.165. The molecule has 0 spiro atoms. The normalized spacial score (nSPS) is 33.3. The zero-order chi connectivity index (χ0) is 18.0. The molecule has 2 aliphatic carbocycles. The molecule has 2 amide bonds. The van der Waals surface area contributed by atoms with Crippen LogP contribution in [-0.4, -0.2) is 41.8 Å². The van der Waals surface area contributed by atoms with Crippen molar-refractivity contribution >= 4 is 23.6 Å². The van der Waals surface area contributed by atoms with Crippen LogP contribution in [0.15, 0.2) is 0 Å². The first-order valence-electron chi connectivity index (χ1n) is 8.45. The Morgan fingerprint density at radius 3 is 2.46 bits per heavy atom. The molecule has 7 heteroatoms. The molecule has 0 aromatic rings. The van der Waals surface area contributed by atoms with E-state index in [0.29, 0.717) is 12.8 Å². The third kappa shape index (κ3) is 4.13. The quantitative estimate of drug-likeness (QED) is 0.730. The molecule has 2 saturated carbocycles. The maximum absolute atomic E-state index is 12.3. The first-order chi connectivity index (χ1) is 11.2. The molecular formula is C17H26N2O5. The summed E-state index contributed by atoms with van der Waals surface area (Å²) >= 11 is 0. The Hall–Kier alpha value is -1.92. The van der Waals surface area contributed by atoms with Gasteiger partial charge in [-0.1, -0.05) is 6.92 Å². The van der Waals surface area contributed by atoms with Crippen molar-refractivity contribution < 1.29 is 23.9 Å². The molecule has 0 aromatic heterocycles. The average molecular weight is 338 g/mol. The van der Waals surface area contributed by atoms with E-state index in [1.165, 1.54) is 13.8 Å². The number of ether oxygens (including phenoxy) is 1. The number of amides is 2. The molecule has 7 nitrogen and oxygen atoms in total. The molecule has 0 saturated heterocycles. The molecular weight excluding hydrogens is 312 g/mol. The number of carbonyl (C=O) groups is 4. The predicted octanol–water partition coefficient (Wildman–Crippen LogP) is 0.563. The minimum Gasteiger partial charge on any atom is -0.462 e. The Kier molecular flexibility index (Phi) is 5.62. The fraction of sp³-hybridized carbons (Fsp3) is 0.765. The van der Waals surface area contributed by atoms with Gasteiger partial charge in [0.2, 0.25) is 11.8 Å². The number of esters is 1. The zero-order valence-electron chi connectivity index (χ0n) is 14.6. The van der Waals surface area contributed by atoms with Crippen LogP contribution in [0.5, 0.6) is 0 Å². The third-order valence-corrected chi connectivity index (χ3v) is 5.01. The van der Waals surface area contributed by atoms with Gasteiger partial charge in [0.25, 0.3) is 0 Å². The Morgan fingerprint density at radius 1 is 1.21 bits per heavy atom. The lowest BCUT2D eigenvalue weighted by atomic mass is 9.63. The first-order valence-corrected chi connectivity index (χ1v) is 8.45. The van der Waals surface area contributed by atoms with Gasteiger partial charge in [-0.25, -0.2) is 0 Å². The summed E-state index contributed by atoms with van der Waals surface area (Å²) < 4.78 is 5.48. The summed E-state index contributed by atoms with van der Waals surface area (Å²) in [6.07, 6.45) is 1.12. The van der Waals surface area contributed by atoms with E-state index < -0.39 is 6.04 Å². The van der Waals surface area contributed by atoms with Crippen LogP contribution in [0.25, 0.3) is 0 Å². The summed E-state index contributed by atoms with van der Waals surface area (Å²) in [5, 5.41) is 5.51. The van der Waals surface area contributed by atoms with E-state index in [-0.39, 0.29) is 53.5 Å². The fourth-order valence-corrected chi connectivity index (χ4v) is 4.10. The Labute approximate surface area is 141 Å². The van der Waals surface area contributed by atoms with Gasteiger partial charge in [0, 0.05) is 44.6 Å². The van der Waals surface area contributed by atoms with Gasteiger partial charge < -0.3 is 15.4 Å². The van der Waals surface area contributed by atoms with Crippen molar-refractivity contribution in [2.45, 2.75) is 65.1 Å². The summed E-state index contributed by atoms with van der Waals surface area (Å²) in [5.41, 5.74) is 0. The number of Topliss-reactive ketones (excluding diaryl/α,β-unsaturated/α-hetero) is 1. The summed E-state index contributed by atoms with van der Waals surface area (Å²) in [5.74, 6) is -0.799. The highest BCUT2D eigenvalue weighted by molar-refractivity contribution is 5.87. The molecule has 134 valence electrons. The number of carbonyl (C=O) groups excluding carboxylic acids is 4. The first kappa shape index (κ1) is 18.4. The molecule has 2 bridgehead atoms. The standard InChI is InChI=1S/C17H26N2O5/c1-8-5-12-6-13(22)7-14(16(12)24-11(4)21)15(8)19-17(23)9(2)18-10(3)20/h8-9,12,14-16H,5-7H2,1-4H3,(H,18,20)(H,19,23). The van der Waals surface area contributed by atoms with Crippen LogP contribution in [-0.2, 0) is 23.9 Å². The Morgan fingerprint density at radius 2 is 1.88 bits per heavy atom. The molecule has 2 rings (SSSR count). The van der Waals surface area contributed by atoms with Crippen LogP contribution in [0.4, 0.5) is 0 Å². The fourth-order valence-electron chi connectivity index (χ4n) is 4.10. The minimum atomic E-state index is -0.654. The van der Waals surface area contributed by atoms with Gasteiger partial charge in [0.15, 0.2) is 0 Å². The molecule has 2 fully saturated rings. The van der Waals surface area contributed by atoms with E-state index in [1.54, 1.807) is 6.92 Å². The smallest absolute Gasteiger partial charge is 0.302 e. The lowest BCUT2D eigenvalue weighted by Gasteiger charge is -2.48. The van der Waals surface area contributed by atoms with Crippen LogP contribution >= 0.6 is 0 Å². The van der Waals surface area contributed by atoms with E-state index in [9.17, 15) is 19.2 Å². The molecule has 0 radical (unpaired) electrons. The molecule has 24 heavy (non-hydrogen) atoms. The van der Waals surface area contributed by atoms with Crippen molar-refractivity contribution in [3.8, 4) is 0 Å². The number of hydrogen-bond donors (Lipinski definition) is 2. The van der Waals surface area contributed by atoms with Crippen molar-refractivity contribution in [1.82, 2.24) is 10.6 Å². The highest BCUT2D eigenvalue weighted by atomic mass is 16.5. The monoisotopic (exact) mass is 338 g/mol. The second-order valence-corrected chi connectivity index (χ2v) is 7.11. The van der Waals surface area contributed by atoms with E-state index in [4.69, 9.17) is 4.74 Å². The average Bonchev–Trinajstić information content (AvgIpc) is 2.44. The van der Waals surface area contributed by atoms with Gasteiger partial charge in [0.1, 0.15) is 17.9 Å². The zero-order valence-corrected chi connectivity index (χ0v) is 14.6. The highest BCUT2D eigenvalue weighted by Crippen LogP contribution is 2.43. The molecule has 6 unspecified atom stereocenters. The highest BCUT2D eigenvalue weighted by Gasteiger charge is 2.49. The predicted molar refractivity (Wildman–Crippen MR) is 85.8 cm³/mol. The van der Waals surface area contributed by atoms with E-state index in [2.05, 4.69) is 10.6 Å². The van der Waals surface area contributed by atoms with E-state index >= 15 is 0 Å². The van der Waals surface area contributed by atoms with Gasteiger partial charge in [0.05, 0.1) is 0 Å². The van der Waals surface area contributed by atoms with Gasteiger partial charge in [-0.05, 0) is 19.3 Å². The van der Waals surface area contributed by atoms with Gasteiger partial charge >= 0.3 is 5.97 Å². The summed E-state index contributed by atoms with van der Waals surface area (Å²) in [6, 6.07) is -0.905. The van der Waals surface area contributed by atoms with Crippen molar-refractivity contribution in [3.05, 3.63) is 0 Å². The second kappa shape index (κ2) is 7.32. The summed E-state index contributed by atoms with van der Waals surface area (Å²) in [6.45, 7) is 6.37. The lowest BCUT2D eigenvalue weighted by Crippen LogP contribution is -2.60. The van der Waals surface area contributed by atoms with Crippen molar-refractivity contribution in [2.24, 2.45) is 17.8 Å². The maximum Gasteiger partial charge on any atom is 0.302 e. The molecule has 0 aromatic carbocycles. The number of rotatable bonds is 4. The molecule has 2 N–H and O–H groups in total. The topological polar surface area (TPSA) is 102 Å². The Bertz CT molecular complexity index is 547. The van der Waals surface area contributed by atoms with Crippen LogP contribution in [0.2, 0.25) is 0 Å². The van der Waals surface area contributed by atoms with Crippen molar-refractivity contribution in [1.29, 1.82) is 0 Å². The minimum absolute atomic E-state index is 0.0241. The maximum atomic E-state index is 12.3. The Balaban J connectivity index is 2.14. The van der Waals surface area contributed by atoms with Gasteiger partial charge in [-0.15, -0.1) is 0 Å². The second-order valence-electron chi connectivity index (χ2n) is 7.11. The molecule has 6 atom stereocenters. The SMILES string of the molecule is CC(=O)NC(C)C(=O)NC1C(C)CC2CC(=O)CC1C2OC(C)=O. The van der Waals surface area contributed by atoms with Crippen LogP contribution in [0.1, 0.15) is 47.0 Å². The summed E-state index contributed by atoms with van der Waals surface area (Å²) in [7, 11) is 0. The number of fused-ring (bicyclic) bond motifs is 2. The van der Waals surface area contributed by atoms with Crippen molar-refractivity contribution in [2.75, 3.05) is 0 Å².